The van der Waals surface area contributed by atoms with Crippen LogP contribution in [0.15, 0.2) is 58.0 Å². The first-order valence-corrected chi connectivity index (χ1v) is 21.1. The Morgan fingerprint density at radius 2 is 1.20 bits per heavy atom. The van der Waals surface area contributed by atoms with Gasteiger partial charge in [0.15, 0.2) is 15.7 Å². The second-order valence-electron chi connectivity index (χ2n) is 13.1. The van der Waals surface area contributed by atoms with Crippen LogP contribution >= 0.6 is 54.5 Å². The number of fused-ring (bicyclic) bond motifs is 6. The van der Waals surface area contributed by atoms with Gasteiger partial charge in [0.1, 0.15) is 9.21 Å². The molecule has 0 atom stereocenters. The van der Waals surface area contributed by atoms with Crippen molar-refractivity contribution in [3.8, 4) is 0 Å². The average Bonchev–Trinajstić information content (AvgIpc) is 3.88. The van der Waals surface area contributed by atoms with E-state index in [1.54, 1.807) is 29.5 Å². The summed E-state index contributed by atoms with van der Waals surface area (Å²) < 4.78 is 7.67. The summed E-state index contributed by atoms with van der Waals surface area (Å²) in [6.45, 7) is 8.29. The molecule has 0 spiro atoms. The van der Waals surface area contributed by atoms with E-state index in [0.717, 1.165) is 71.1 Å². The van der Waals surface area contributed by atoms with E-state index in [1.165, 1.54) is 89.0 Å². The van der Waals surface area contributed by atoms with Crippen LogP contribution in [0.4, 0.5) is 0 Å². The van der Waals surface area contributed by atoms with Crippen LogP contribution in [0.1, 0.15) is 84.9 Å². The first-order chi connectivity index (χ1) is 24.8. The molecule has 8 rings (SSSR count). The summed E-state index contributed by atoms with van der Waals surface area (Å²) in [5.41, 5.74) is 8.63. The van der Waals surface area contributed by atoms with Crippen LogP contribution in [0.2, 0.25) is 0 Å². The number of carboxylic acid groups (broad SMARTS) is 1. The molecule has 6 aromatic rings. The molecule has 2 saturated heterocycles. The second kappa shape index (κ2) is 18.4. The van der Waals surface area contributed by atoms with Crippen molar-refractivity contribution in [1.29, 1.82) is 0 Å². The number of rotatable bonds is 10. The molecular weight excluding hydrogens is 814 g/mol. The van der Waals surface area contributed by atoms with Gasteiger partial charge in [-0.05, 0) is 159 Å². The standard InChI is InChI=1S/C19H22BrN3OS.C10H5BrN2O2S.C8H18N2/c20-18-13-23-15-8-7-14(12-17(15)25-19(23)21-18)16(24)6-2-5-11-22-9-3-1-4-10-22;11-8-4-13-6-2-1-5(9(14)15)3-7(6)16-10(13)12-8;9-5-4-8-10-6-2-1-3-7-10/h7-8,12-13H,1-6,9-11H2;1-4H,(H,14,15);1-9H2. The van der Waals surface area contributed by atoms with Crippen LogP contribution in [0.25, 0.3) is 30.4 Å². The Kier molecular flexibility index (Phi) is 13.7. The summed E-state index contributed by atoms with van der Waals surface area (Å²) in [5, 5.41) is 8.89. The molecular formula is C37H45Br2N7O3S2. The lowest BCUT2D eigenvalue weighted by molar-refractivity contribution is 0.0696. The van der Waals surface area contributed by atoms with Crippen molar-refractivity contribution in [2.24, 2.45) is 5.73 Å². The van der Waals surface area contributed by atoms with Crippen LogP contribution in [-0.2, 0) is 0 Å². The van der Waals surface area contributed by atoms with Gasteiger partial charge in [-0.1, -0.05) is 35.5 Å². The van der Waals surface area contributed by atoms with E-state index >= 15 is 0 Å². The lowest BCUT2D eigenvalue weighted by atomic mass is 10.0. The number of aromatic carboxylic acids is 1. The smallest absolute Gasteiger partial charge is 0.335 e. The van der Waals surface area contributed by atoms with Gasteiger partial charge in [-0.15, -0.1) is 0 Å². The Balaban J connectivity index is 0.000000147. The predicted octanol–water partition coefficient (Wildman–Crippen LogP) is 8.98. The zero-order valence-corrected chi connectivity index (χ0v) is 33.5. The molecule has 4 aromatic heterocycles. The highest BCUT2D eigenvalue weighted by atomic mass is 79.9. The van der Waals surface area contributed by atoms with Crippen LogP contribution in [0, 0.1) is 0 Å². The Labute approximate surface area is 322 Å². The number of hydrogen-bond acceptors (Lipinski definition) is 9. The molecule has 0 amide bonds. The number of thiazole rings is 2. The van der Waals surface area contributed by atoms with Gasteiger partial charge < -0.3 is 20.6 Å². The topological polar surface area (TPSA) is 121 Å². The summed E-state index contributed by atoms with van der Waals surface area (Å²) in [5.74, 6) is -0.651. The molecule has 51 heavy (non-hydrogen) atoms. The van der Waals surface area contributed by atoms with Crippen molar-refractivity contribution < 1.29 is 14.7 Å². The first-order valence-electron chi connectivity index (χ1n) is 17.8. The van der Waals surface area contributed by atoms with Gasteiger partial charge in [0.2, 0.25) is 0 Å². The lowest BCUT2D eigenvalue weighted by Crippen LogP contribution is -2.31. The average molecular weight is 860 g/mol. The Bertz CT molecular complexity index is 2080. The predicted molar refractivity (Wildman–Crippen MR) is 216 cm³/mol. The fourth-order valence-corrected chi connectivity index (χ4v) is 9.77. The van der Waals surface area contributed by atoms with Crippen LogP contribution in [0.3, 0.4) is 0 Å². The molecule has 2 aliphatic rings. The van der Waals surface area contributed by atoms with Gasteiger partial charge in [0.05, 0.1) is 26.0 Å². The monoisotopic (exact) mass is 857 g/mol. The molecule has 2 fully saturated rings. The Hall–Kier alpha value is -2.72. The number of carboxylic acids is 1. The molecule has 6 heterocycles. The minimum Gasteiger partial charge on any atom is -0.478 e. The van der Waals surface area contributed by atoms with Crippen molar-refractivity contribution in [2.45, 2.75) is 64.2 Å². The van der Waals surface area contributed by atoms with E-state index in [1.807, 2.05) is 35.0 Å². The maximum atomic E-state index is 12.5. The van der Waals surface area contributed by atoms with Crippen LogP contribution in [0.5, 0.6) is 0 Å². The fourth-order valence-electron chi connectivity index (χ4n) is 6.70. The van der Waals surface area contributed by atoms with Gasteiger partial charge in [0.25, 0.3) is 0 Å². The lowest BCUT2D eigenvalue weighted by Gasteiger charge is -2.26. The minimum absolute atomic E-state index is 0.257. The van der Waals surface area contributed by atoms with E-state index in [2.05, 4.69) is 56.0 Å². The number of carbonyl (C=O) groups excluding carboxylic acids is 1. The summed E-state index contributed by atoms with van der Waals surface area (Å²) in [6, 6.07) is 11.1. The maximum Gasteiger partial charge on any atom is 0.335 e. The van der Waals surface area contributed by atoms with Gasteiger partial charge >= 0.3 is 5.97 Å². The van der Waals surface area contributed by atoms with Gasteiger partial charge in [-0.2, -0.15) is 0 Å². The number of nitrogens with zero attached hydrogens (tertiary/aromatic N) is 6. The molecule has 10 nitrogen and oxygen atoms in total. The van der Waals surface area contributed by atoms with E-state index < -0.39 is 5.97 Å². The van der Waals surface area contributed by atoms with Gasteiger partial charge in [0, 0.05) is 24.4 Å². The zero-order chi connectivity index (χ0) is 35.7. The molecule has 0 aliphatic carbocycles. The van der Waals surface area contributed by atoms with E-state index in [0.29, 0.717) is 12.0 Å². The SMILES string of the molecule is NCCCN1CCCCC1.O=C(CCCCN1CCCCC1)c1ccc2c(c1)sc1nc(Br)cn12.O=C(O)c1ccc2c(c1)sc1nc(Br)cn12. The minimum atomic E-state index is -0.908. The van der Waals surface area contributed by atoms with E-state index in [4.69, 9.17) is 10.8 Å². The van der Waals surface area contributed by atoms with Crippen LogP contribution < -0.4 is 5.73 Å². The van der Waals surface area contributed by atoms with Crippen molar-refractivity contribution in [1.82, 2.24) is 28.6 Å². The third-order valence-electron chi connectivity index (χ3n) is 9.40. The third-order valence-corrected chi connectivity index (χ3v) is 12.2. The number of aromatic nitrogens is 4. The number of nitrogens with two attached hydrogens (primary N) is 1. The number of ketones is 1. The normalized spacial score (nSPS) is 15.6. The Morgan fingerprint density at radius 3 is 1.71 bits per heavy atom. The zero-order valence-electron chi connectivity index (χ0n) is 28.7. The van der Waals surface area contributed by atoms with Crippen molar-refractivity contribution >= 4 is 96.6 Å². The second-order valence-corrected chi connectivity index (χ2v) is 16.8. The molecule has 3 N–H and O–H groups in total. The largest absolute Gasteiger partial charge is 0.478 e. The summed E-state index contributed by atoms with van der Waals surface area (Å²) in [4.78, 5) is 38.9. The highest BCUT2D eigenvalue weighted by molar-refractivity contribution is 9.10. The molecule has 272 valence electrons. The molecule has 2 aliphatic heterocycles. The number of likely N-dealkylation sites (tertiary alicyclic amines) is 2. The van der Waals surface area contributed by atoms with E-state index in [-0.39, 0.29) is 5.78 Å². The number of hydrogen-bond donors (Lipinski definition) is 2. The third kappa shape index (κ3) is 10.0. The summed E-state index contributed by atoms with van der Waals surface area (Å²) in [7, 11) is 0. The first kappa shape index (κ1) is 38.0. The van der Waals surface area contributed by atoms with Crippen molar-refractivity contribution in [3.63, 3.8) is 0 Å². The van der Waals surface area contributed by atoms with Crippen LogP contribution in [-0.4, -0.2) is 91.2 Å². The molecule has 0 radical (unpaired) electrons. The highest BCUT2D eigenvalue weighted by Gasteiger charge is 2.14. The quantitative estimate of drug-likeness (QED) is 0.104. The number of unbranched alkanes of at least 4 members (excludes halogenated alkanes) is 1. The van der Waals surface area contributed by atoms with Crippen molar-refractivity contribution in [3.05, 3.63) is 69.1 Å². The highest BCUT2D eigenvalue weighted by Crippen LogP contribution is 2.30. The number of halogens is 2. The maximum absolute atomic E-state index is 12.5. The van der Waals surface area contributed by atoms with Crippen molar-refractivity contribution in [2.75, 3.05) is 45.8 Å². The molecule has 0 saturated carbocycles. The number of carbonyl (C=O) groups is 2. The number of Topliss-reactive ketones (excluding diaryl/α,β-unsaturated/α-hetero) is 1. The van der Waals surface area contributed by atoms with Gasteiger partial charge in [-0.3, -0.25) is 13.6 Å². The molecule has 0 bridgehead atoms. The molecule has 0 unspecified atom stereocenters. The number of piperidine rings is 2. The molecule has 2 aromatic carbocycles. The Morgan fingerprint density at radius 1 is 0.706 bits per heavy atom. The number of imidazole rings is 2. The number of benzene rings is 2. The van der Waals surface area contributed by atoms with E-state index in [9.17, 15) is 9.59 Å². The fraction of sp³-hybridized carbons (Fsp3) is 0.459. The van der Waals surface area contributed by atoms with Gasteiger partial charge in [-0.25, -0.2) is 14.8 Å². The summed E-state index contributed by atoms with van der Waals surface area (Å²) in [6.07, 6.45) is 16.0. The molecule has 14 heteroatoms. The summed E-state index contributed by atoms with van der Waals surface area (Å²) >= 11 is 9.81.